The summed E-state index contributed by atoms with van der Waals surface area (Å²) in [6, 6.07) is 26.7. The van der Waals surface area contributed by atoms with Gasteiger partial charge in [0.2, 0.25) is 17.8 Å². The molecule has 3 heterocycles. The zero-order valence-corrected chi connectivity index (χ0v) is 26.2. The van der Waals surface area contributed by atoms with Gasteiger partial charge in [0.05, 0.1) is 11.6 Å². The van der Waals surface area contributed by atoms with Gasteiger partial charge in [-0.05, 0) is 85.1 Å². The van der Waals surface area contributed by atoms with Crippen LogP contribution in [0.15, 0.2) is 104 Å². The largest absolute Gasteiger partial charge is 0.324 e. The van der Waals surface area contributed by atoms with Crippen molar-refractivity contribution in [2.24, 2.45) is 0 Å². The predicted molar refractivity (Wildman–Crippen MR) is 181 cm³/mol. The molecular formula is C37H35N7O3. The van der Waals surface area contributed by atoms with E-state index < -0.39 is 0 Å². The average Bonchev–Trinajstić information content (AvgIpc) is 3.07. The molecule has 1 atom stereocenters. The lowest BCUT2D eigenvalue weighted by molar-refractivity contribution is -0.134. The van der Waals surface area contributed by atoms with E-state index in [0.29, 0.717) is 43.1 Å². The number of hydrogen-bond acceptors (Lipinski definition) is 8. The first-order valence-corrected chi connectivity index (χ1v) is 15.4. The highest BCUT2D eigenvalue weighted by Crippen LogP contribution is 2.29. The Morgan fingerprint density at radius 1 is 0.957 bits per heavy atom. The average molecular weight is 626 g/mol. The summed E-state index contributed by atoms with van der Waals surface area (Å²) in [5.74, 6) is -0.546. The Morgan fingerprint density at radius 3 is 2.57 bits per heavy atom. The minimum atomic E-state index is -0.326. The van der Waals surface area contributed by atoms with E-state index in [2.05, 4.69) is 35.8 Å². The number of nitrogens with zero attached hydrogens (tertiary/aromatic N) is 4. The van der Waals surface area contributed by atoms with E-state index in [1.165, 1.54) is 0 Å². The van der Waals surface area contributed by atoms with Gasteiger partial charge in [-0.25, -0.2) is 9.97 Å². The van der Waals surface area contributed by atoms with E-state index in [4.69, 9.17) is 0 Å². The Hall–Kier alpha value is -5.74. The number of rotatable bonds is 10. The molecule has 3 aromatic carbocycles. The lowest BCUT2D eigenvalue weighted by atomic mass is 9.87. The van der Waals surface area contributed by atoms with E-state index >= 15 is 0 Å². The molecule has 10 heteroatoms. The van der Waals surface area contributed by atoms with Crippen LogP contribution in [0, 0.1) is 6.92 Å². The Kier molecular flexibility index (Phi) is 9.40. The maximum Gasteiger partial charge on any atom is 0.255 e. The number of aromatic nitrogens is 3. The molecule has 0 aliphatic carbocycles. The van der Waals surface area contributed by atoms with Crippen molar-refractivity contribution >= 4 is 35.0 Å². The molecular weight excluding hydrogens is 590 g/mol. The molecule has 3 N–H and O–H groups in total. The van der Waals surface area contributed by atoms with Crippen LogP contribution in [-0.4, -0.2) is 44.6 Å². The summed E-state index contributed by atoms with van der Waals surface area (Å²) in [6.45, 7) is 3.27. The summed E-state index contributed by atoms with van der Waals surface area (Å²) in [5.41, 5.74) is 7.66. The monoisotopic (exact) mass is 625 g/mol. The molecule has 0 bridgehead atoms. The first kappa shape index (κ1) is 31.3. The maximum absolute atomic E-state index is 13.2. The van der Waals surface area contributed by atoms with Crippen LogP contribution in [0.25, 0.3) is 11.3 Å². The van der Waals surface area contributed by atoms with Crippen molar-refractivity contribution in [3.63, 3.8) is 0 Å². The number of aryl methyl sites for hydroxylation is 1. The highest BCUT2D eigenvalue weighted by atomic mass is 16.2. The summed E-state index contributed by atoms with van der Waals surface area (Å²) in [4.78, 5) is 52.6. The Morgan fingerprint density at radius 2 is 1.79 bits per heavy atom. The van der Waals surface area contributed by atoms with Gasteiger partial charge in [-0.2, -0.15) is 0 Å². The van der Waals surface area contributed by atoms with Crippen LogP contribution >= 0.6 is 0 Å². The van der Waals surface area contributed by atoms with Crippen molar-refractivity contribution in [2.45, 2.75) is 38.8 Å². The Labute approximate surface area is 273 Å². The molecule has 10 nitrogen and oxygen atoms in total. The van der Waals surface area contributed by atoms with E-state index in [1.54, 1.807) is 18.6 Å². The smallest absolute Gasteiger partial charge is 0.255 e. The Balaban J connectivity index is 1.07. The molecule has 1 aliphatic heterocycles. The predicted octanol–water partition coefficient (Wildman–Crippen LogP) is 6.00. The minimum absolute atomic E-state index is 0.215. The molecule has 0 spiro atoms. The maximum atomic E-state index is 13.2. The van der Waals surface area contributed by atoms with Crippen LogP contribution in [0.3, 0.4) is 0 Å². The fourth-order valence-electron chi connectivity index (χ4n) is 5.68. The summed E-state index contributed by atoms with van der Waals surface area (Å²) >= 11 is 0. The van der Waals surface area contributed by atoms with Gasteiger partial charge in [0.15, 0.2) is 0 Å². The zero-order chi connectivity index (χ0) is 32.8. The first-order valence-electron chi connectivity index (χ1n) is 15.4. The highest BCUT2D eigenvalue weighted by molar-refractivity contribution is 6.04. The highest BCUT2D eigenvalue weighted by Gasteiger charge is 2.29. The van der Waals surface area contributed by atoms with Gasteiger partial charge in [-0.15, -0.1) is 0 Å². The number of pyridine rings is 1. The summed E-state index contributed by atoms with van der Waals surface area (Å²) in [5, 5.41) is 8.73. The van der Waals surface area contributed by atoms with Crippen molar-refractivity contribution in [2.75, 3.05) is 17.7 Å². The second-order valence-corrected chi connectivity index (χ2v) is 11.7. The van der Waals surface area contributed by atoms with Gasteiger partial charge in [0.1, 0.15) is 0 Å². The van der Waals surface area contributed by atoms with Gasteiger partial charge in [0.25, 0.3) is 5.91 Å². The molecule has 0 saturated carbocycles. The quantitative estimate of drug-likeness (QED) is 0.161. The van der Waals surface area contributed by atoms with Gasteiger partial charge in [0, 0.05) is 60.6 Å². The molecule has 1 unspecified atom stereocenters. The van der Waals surface area contributed by atoms with Crippen LogP contribution in [0.2, 0.25) is 0 Å². The number of carbonyl (C=O) groups is 3. The fourth-order valence-corrected chi connectivity index (χ4v) is 5.68. The molecule has 3 amide bonds. The number of amides is 3. The van der Waals surface area contributed by atoms with Crippen molar-refractivity contribution in [1.29, 1.82) is 0 Å². The first-order chi connectivity index (χ1) is 22.8. The lowest BCUT2D eigenvalue weighted by Crippen LogP contribution is -2.39. The molecule has 236 valence electrons. The zero-order valence-electron chi connectivity index (χ0n) is 26.2. The lowest BCUT2D eigenvalue weighted by Gasteiger charge is -2.25. The van der Waals surface area contributed by atoms with E-state index in [-0.39, 0.29) is 23.6 Å². The third-order valence-electron chi connectivity index (χ3n) is 8.13. The van der Waals surface area contributed by atoms with Crippen LogP contribution < -0.4 is 16.0 Å². The number of hydrogen-bond donors (Lipinski definition) is 3. The SMILES string of the molecule is Cc1ccc(NC(=O)c2ccc(CN(C)Cc3ccccc3C3CCC(=O)NC3=O)cc2)cc1Nc1nccc(-c2cccnc2)n1. The van der Waals surface area contributed by atoms with Crippen LogP contribution in [0.5, 0.6) is 0 Å². The number of nitrogens with one attached hydrogen (secondary N) is 3. The van der Waals surface area contributed by atoms with Crippen molar-refractivity contribution < 1.29 is 14.4 Å². The number of benzene rings is 3. The van der Waals surface area contributed by atoms with Crippen molar-refractivity contribution in [1.82, 2.24) is 25.2 Å². The van der Waals surface area contributed by atoms with Crippen molar-refractivity contribution in [3.05, 3.63) is 131 Å². The van der Waals surface area contributed by atoms with Crippen LogP contribution in [0.1, 0.15) is 51.4 Å². The van der Waals surface area contributed by atoms with Crippen LogP contribution in [-0.2, 0) is 22.7 Å². The third kappa shape index (κ3) is 7.74. The normalized spacial score (nSPS) is 14.5. The van der Waals surface area contributed by atoms with Crippen molar-refractivity contribution in [3.8, 4) is 11.3 Å². The second kappa shape index (κ2) is 14.1. The molecule has 1 fully saturated rings. The number of carbonyl (C=O) groups excluding carboxylic acids is 3. The van der Waals surface area contributed by atoms with Gasteiger partial charge in [-0.3, -0.25) is 29.6 Å². The second-order valence-electron chi connectivity index (χ2n) is 11.7. The molecule has 6 rings (SSSR count). The van der Waals surface area contributed by atoms with Crippen LogP contribution in [0.4, 0.5) is 17.3 Å². The molecule has 1 aliphatic rings. The number of piperidine rings is 1. The van der Waals surface area contributed by atoms with E-state index in [1.807, 2.05) is 98.9 Å². The van der Waals surface area contributed by atoms with Gasteiger partial charge in [-0.1, -0.05) is 42.5 Å². The van der Waals surface area contributed by atoms with Gasteiger partial charge < -0.3 is 10.6 Å². The standard InChI is InChI=1S/C37H35N7O3/c1-24-9-14-29(20-33(24)42-37-39-19-17-32(41-37)27-7-5-18-38-21-27)40-35(46)26-12-10-25(11-13-26)22-44(2)23-28-6-3-4-8-30(28)31-15-16-34(45)43-36(31)47/h3-14,17-21,31H,15-16,22-23H2,1-2H3,(H,40,46)(H,39,41,42)(H,43,45,47). The van der Waals surface area contributed by atoms with E-state index in [0.717, 1.165) is 39.2 Å². The molecule has 5 aromatic rings. The molecule has 1 saturated heterocycles. The number of anilines is 3. The molecule has 2 aromatic heterocycles. The third-order valence-corrected chi connectivity index (χ3v) is 8.13. The molecule has 47 heavy (non-hydrogen) atoms. The Bertz CT molecular complexity index is 1910. The number of imide groups is 1. The molecule has 0 radical (unpaired) electrons. The summed E-state index contributed by atoms with van der Waals surface area (Å²) in [6.07, 6.45) is 6.03. The minimum Gasteiger partial charge on any atom is -0.324 e. The topological polar surface area (TPSA) is 129 Å². The fraction of sp³-hybridized carbons (Fsp3) is 0.189. The van der Waals surface area contributed by atoms with E-state index in [9.17, 15) is 14.4 Å². The summed E-state index contributed by atoms with van der Waals surface area (Å²) < 4.78 is 0. The van der Waals surface area contributed by atoms with Gasteiger partial charge >= 0.3 is 0 Å². The summed E-state index contributed by atoms with van der Waals surface area (Å²) in [7, 11) is 2.02.